The van der Waals surface area contributed by atoms with Crippen LogP contribution in [0.1, 0.15) is 46.1 Å². The molecule has 45 heavy (non-hydrogen) atoms. The van der Waals surface area contributed by atoms with E-state index in [1.807, 2.05) is 70.2 Å². The molecule has 3 aromatic carbocycles. The molecule has 1 aliphatic heterocycles. The van der Waals surface area contributed by atoms with Gasteiger partial charge < -0.3 is 29.3 Å². The fourth-order valence-corrected chi connectivity index (χ4v) is 7.24. The highest BCUT2D eigenvalue weighted by Crippen LogP contribution is 2.54. The second-order valence-corrected chi connectivity index (χ2v) is 13.7. The van der Waals surface area contributed by atoms with Gasteiger partial charge in [0.2, 0.25) is 11.8 Å². The van der Waals surface area contributed by atoms with E-state index in [-0.39, 0.29) is 24.3 Å². The molecule has 0 saturated carbocycles. The molecule has 0 unspecified atom stereocenters. The minimum atomic E-state index is -4.06. The summed E-state index contributed by atoms with van der Waals surface area (Å²) in [5.41, 5.74) is 0.820. The topological polar surface area (TPSA) is 123 Å². The Kier molecular flexibility index (Phi) is 11.7. The van der Waals surface area contributed by atoms with Crippen molar-refractivity contribution >= 4 is 25.5 Å². The van der Waals surface area contributed by atoms with Crippen molar-refractivity contribution in [3.63, 3.8) is 0 Å². The zero-order chi connectivity index (χ0) is 32.4. The molecule has 0 aliphatic carbocycles. The van der Waals surface area contributed by atoms with Crippen molar-refractivity contribution in [1.29, 1.82) is 0 Å². The smallest absolute Gasteiger partial charge is 0.445 e. The average Bonchev–Trinajstić information content (AvgIpc) is 3.52. The maximum Gasteiger partial charge on any atom is 0.453 e. The van der Waals surface area contributed by atoms with Gasteiger partial charge in [-0.15, -0.1) is 0 Å². The Morgan fingerprint density at radius 2 is 1.33 bits per heavy atom. The van der Waals surface area contributed by atoms with Crippen molar-refractivity contribution < 1.29 is 32.7 Å². The number of amides is 3. The number of para-hydroxylation sites is 2. The predicted molar refractivity (Wildman–Crippen MR) is 172 cm³/mol. The number of nitrogens with zero attached hydrogens (tertiary/aromatic N) is 1. The van der Waals surface area contributed by atoms with Crippen LogP contribution in [-0.2, 0) is 25.5 Å². The molecule has 11 heteroatoms. The third-order valence-electron chi connectivity index (χ3n) is 7.47. The number of alkyl carbamates (subject to hydrolysis) is 1. The van der Waals surface area contributed by atoms with Crippen LogP contribution < -0.4 is 19.7 Å². The Balaban J connectivity index is 1.50. The first-order chi connectivity index (χ1) is 21.6. The lowest BCUT2D eigenvalue weighted by molar-refractivity contribution is -0.141. The maximum atomic E-state index is 14.5. The summed E-state index contributed by atoms with van der Waals surface area (Å²) in [4.78, 5) is 41.8. The van der Waals surface area contributed by atoms with E-state index in [2.05, 4.69) is 10.6 Å². The van der Waals surface area contributed by atoms with Gasteiger partial charge in [-0.05, 0) is 54.5 Å². The molecule has 3 aromatic rings. The predicted octanol–water partition coefficient (Wildman–Crippen LogP) is 6.38. The number of nitrogens with one attached hydrogen (secondary N) is 2. The summed E-state index contributed by atoms with van der Waals surface area (Å²) in [6.45, 7) is 7.67. The van der Waals surface area contributed by atoms with Gasteiger partial charge in [0.25, 0.3) is 0 Å². The Bertz CT molecular complexity index is 1410. The van der Waals surface area contributed by atoms with Gasteiger partial charge in [-0.1, -0.05) is 94.4 Å². The largest absolute Gasteiger partial charge is 0.453 e. The summed E-state index contributed by atoms with van der Waals surface area (Å²) in [6.07, 6.45) is 0.288. The SMILES string of the molecule is CC(C)[C@H](NC(=O)OCc1ccccc1)C(=O)N1CCC[C@H]1C(=O)N[C@@H](C(C)C)P(=O)(Oc1ccccc1)Oc1ccccc1. The third-order valence-corrected chi connectivity index (χ3v) is 9.81. The number of benzene rings is 3. The number of rotatable bonds is 13. The van der Waals surface area contributed by atoms with E-state index in [0.29, 0.717) is 30.9 Å². The molecule has 1 fully saturated rings. The van der Waals surface area contributed by atoms with Crippen LogP contribution in [0.5, 0.6) is 11.5 Å². The minimum Gasteiger partial charge on any atom is -0.445 e. The van der Waals surface area contributed by atoms with E-state index < -0.39 is 37.5 Å². The maximum absolute atomic E-state index is 14.5. The lowest BCUT2D eigenvalue weighted by Gasteiger charge is -2.33. The molecular formula is C34H42N3O7P. The van der Waals surface area contributed by atoms with Crippen molar-refractivity contribution in [2.45, 2.75) is 65.0 Å². The van der Waals surface area contributed by atoms with Crippen molar-refractivity contribution in [2.75, 3.05) is 6.54 Å². The molecule has 3 amide bonds. The molecule has 4 rings (SSSR count). The normalized spacial score (nSPS) is 16.1. The van der Waals surface area contributed by atoms with Crippen molar-refractivity contribution in [2.24, 2.45) is 11.8 Å². The molecule has 240 valence electrons. The summed E-state index contributed by atoms with van der Waals surface area (Å²) >= 11 is 0. The van der Waals surface area contributed by atoms with Crippen LogP contribution in [0.2, 0.25) is 0 Å². The van der Waals surface area contributed by atoms with E-state index in [9.17, 15) is 18.9 Å². The third kappa shape index (κ3) is 9.11. The second kappa shape index (κ2) is 15.6. The van der Waals surface area contributed by atoms with Crippen LogP contribution in [0.15, 0.2) is 91.0 Å². The molecule has 0 bridgehead atoms. The summed E-state index contributed by atoms with van der Waals surface area (Å²) < 4.78 is 31.9. The number of likely N-dealkylation sites (tertiary alicyclic amines) is 1. The molecule has 0 aromatic heterocycles. The summed E-state index contributed by atoms with van der Waals surface area (Å²) in [5, 5.41) is 5.61. The molecule has 1 saturated heterocycles. The Morgan fingerprint density at radius 1 is 0.800 bits per heavy atom. The lowest BCUT2D eigenvalue weighted by atomic mass is 10.0. The van der Waals surface area contributed by atoms with Gasteiger partial charge >= 0.3 is 13.7 Å². The zero-order valence-electron chi connectivity index (χ0n) is 26.1. The minimum absolute atomic E-state index is 0.0627. The average molecular weight is 636 g/mol. The second-order valence-electron chi connectivity index (χ2n) is 11.7. The van der Waals surface area contributed by atoms with Crippen LogP contribution in [0.25, 0.3) is 0 Å². The highest BCUT2D eigenvalue weighted by Gasteiger charge is 2.46. The number of carbonyl (C=O) groups excluding carboxylic acids is 3. The molecule has 1 aliphatic rings. The number of hydrogen-bond acceptors (Lipinski definition) is 7. The molecule has 10 nitrogen and oxygen atoms in total. The molecule has 0 spiro atoms. The quantitative estimate of drug-likeness (QED) is 0.209. The highest BCUT2D eigenvalue weighted by molar-refractivity contribution is 7.55. The van der Waals surface area contributed by atoms with Gasteiger partial charge in [0.15, 0.2) is 5.78 Å². The number of carbonyl (C=O) groups is 3. The Morgan fingerprint density at radius 3 is 1.84 bits per heavy atom. The number of hydrogen-bond donors (Lipinski definition) is 2. The summed E-state index contributed by atoms with van der Waals surface area (Å²) in [6, 6.07) is 24.8. The Labute approximate surface area is 265 Å². The molecular weight excluding hydrogens is 593 g/mol. The standard InChI is InChI=1S/C34H42N3O7P/c1-24(2)30(35-34(40)42-23-26-15-8-5-9-16-26)33(39)37-22-14-21-29(37)31(38)36-32(25(3)4)45(41,43-27-17-10-6-11-18-27)44-28-19-12-7-13-20-28/h5-13,15-20,24-25,29-30,32H,14,21-23H2,1-4H3,(H,35,40)(H,36,38)/t29-,30-,32+/m0/s1. The van der Waals surface area contributed by atoms with E-state index in [1.54, 1.807) is 48.5 Å². The summed E-state index contributed by atoms with van der Waals surface area (Å²) in [7, 11) is -4.06. The van der Waals surface area contributed by atoms with E-state index in [1.165, 1.54) is 4.90 Å². The molecule has 0 radical (unpaired) electrons. The van der Waals surface area contributed by atoms with Crippen molar-refractivity contribution in [3.05, 3.63) is 96.6 Å². The van der Waals surface area contributed by atoms with Gasteiger partial charge in [-0.3, -0.25) is 9.59 Å². The van der Waals surface area contributed by atoms with Crippen LogP contribution in [0.3, 0.4) is 0 Å². The van der Waals surface area contributed by atoms with Gasteiger partial charge in [0.05, 0.1) is 0 Å². The highest BCUT2D eigenvalue weighted by atomic mass is 31.2. The van der Waals surface area contributed by atoms with E-state index in [0.717, 1.165) is 5.56 Å². The Hall–Kier alpha value is -4.30. The van der Waals surface area contributed by atoms with Crippen molar-refractivity contribution in [1.82, 2.24) is 15.5 Å². The first-order valence-corrected chi connectivity index (χ1v) is 16.9. The van der Waals surface area contributed by atoms with Crippen LogP contribution >= 0.6 is 7.60 Å². The van der Waals surface area contributed by atoms with Crippen LogP contribution in [-0.4, -0.2) is 47.2 Å². The molecule has 1 heterocycles. The monoisotopic (exact) mass is 635 g/mol. The van der Waals surface area contributed by atoms with Crippen LogP contribution in [0, 0.1) is 11.8 Å². The van der Waals surface area contributed by atoms with E-state index in [4.69, 9.17) is 13.8 Å². The lowest BCUT2D eigenvalue weighted by Crippen LogP contribution is -2.56. The molecule has 2 N–H and O–H groups in total. The van der Waals surface area contributed by atoms with Gasteiger partial charge in [-0.25, -0.2) is 9.36 Å². The fraction of sp³-hybridized carbons (Fsp3) is 0.382. The first-order valence-electron chi connectivity index (χ1n) is 15.2. The first kappa shape index (κ1) is 33.6. The van der Waals surface area contributed by atoms with Crippen LogP contribution in [0.4, 0.5) is 4.79 Å². The zero-order valence-corrected chi connectivity index (χ0v) is 27.0. The molecule has 3 atom stereocenters. The van der Waals surface area contributed by atoms with Gasteiger partial charge in [0, 0.05) is 6.54 Å². The fourth-order valence-electron chi connectivity index (χ4n) is 5.13. The summed E-state index contributed by atoms with van der Waals surface area (Å²) in [5.74, 6) is -1.85. The number of ether oxygens (including phenoxy) is 1. The van der Waals surface area contributed by atoms with Gasteiger partial charge in [-0.2, -0.15) is 0 Å². The van der Waals surface area contributed by atoms with E-state index >= 15 is 0 Å². The van der Waals surface area contributed by atoms with Crippen molar-refractivity contribution in [3.8, 4) is 11.5 Å². The van der Waals surface area contributed by atoms with Gasteiger partial charge in [0.1, 0.15) is 30.2 Å².